The standard InChI is InChI=1S/C15H12Cl2O3/c1-19-11-7-5-10(6-8-11)13(18)9-20-14-4-2-3-12(16)15(14)17/h2-8H,9H2,1H3. The summed E-state index contributed by atoms with van der Waals surface area (Å²) in [6.45, 7) is -0.105. The second-order valence-corrected chi connectivity index (χ2v) is 4.78. The van der Waals surface area contributed by atoms with Gasteiger partial charge in [-0.15, -0.1) is 0 Å². The van der Waals surface area contributed by atoms with E-state index in [-0.39, 0.29) is 12.4 Å². The monoisotopic (exact) mass is 310 g/mol. The molecule has 0 N–H and O–H groups in total. The smallest absolute Gasteiger partial charge is 0.200 e. The number of rotatable bonds is 5. The Kier molecular flexibility index (Phi) is 4.88. The minimum Gasteiger partial charge on any atom is -0.497 e. The highest BCUT2D eigenvalue weighted by Gasteiger charge is 2.10. The normalized spacial score (nSPS) is 10.2. The summed E-state index contributed by atoms with van der Waals surface area (Å²) in [5.74, 6) is 0.935. The van der Waals surface area contributed by atoms with E-state index in [9.17, 15) is 4.79 Å². The highest BCUT2D eigenvalue weighted by atomic mass is 35.5. The topological polar surface area (TPSA) is 35.5 Å². The molecule has 0 amide bonds. The predicted octanol–water partition coefficient (Wildman–Crippen LogP) is 4.26. The zero-order chi connectivity index (χ0) is 14.5. The molecule has 0 aliphatic carbocycles. The van der Waals surface area contributed by atoms with Gasteiger partial charge in [-0.3, -0.25) is 4.79 Å². The summed E-state index contributed by atoms with van der Waals surface area (Å²) in [5.41, 5.74) is 0.545. The van der Waals surface area contributed by atoms with Gasteiger partial charge >= 0.3 is 0 Å². The van der Waals surface area contributed by atoms with Crippen LogP contribution in [0.1, 0.15) is 10.4 Å². The first kappa shape index (κ1) is 14.7. The molecule has 0 heterocycles. The van der Waals surface area contributed by atoms with E-state index in [4.69, 9.17) is 32.7 Å². The number of benzene rings is 2. The first-order valence-electron chi connectivity index (χ1n) is 5.86. The summed E-state index contributed by atoms with van der Waals surface area (Å²) >= 11 is 11.8. The zero-order valence-corrected chi connectivity index (χ0v) is 12.2. The molecule has 0 atom stereocenters. The maximum Gasteiger partial charge on any atom is 0.200 e. The van der Waals surface area contributed by atoms with Crippen LogP contribution in [-0.2, 0) is 0 Å². The Morgan fingerprint density at radius 3 is 2.45 bits per heavy atom. The predicted molar refractivity (Wildman–Crippen MR) is 79.3 cm³/mol. The maximum atomic E-state index is 12.0. The molecule has 0 aliphatic rings. The molecule has 2 aromatic rings. The van der Waals surface area contributed by atoms with Gasteiger partial charge < -0.3 is 9.47 Å². The fraction of sp³-hybridized carbons (Fsp3) is 0.133. The largest absolute Gasteiger partial charge is 0.497 e. The van der Waals surface area contributed by atoms with E-state index in [0.29, 0.717) is 27.1 Å². The molecule has 104 valence electrons. The van der Waals surface area contributed by atoms with E-state index in [1.54, 1.807) is 49.6 Å². The summed E-state index contributed by atoms with van der Waals surface area (Å²) in [7, 11) is 1.57. The van der Waals surface area contributed by atoms with Crippen molar-refractivity contribution in [2.75, 3.05) is 13.7 Å². The van der Waals surface area contributed by atoms with Crippen LogP contribution in [0, 0.1) is 0 Å². The lowest BCUT2D eigenvalue weighted by Gasteiger charge is -2.08. The zero-order valence-electron chi connectivity index (χ0n) is 10.7. The Morgan fingerprint density at radius 1 is 1.10 bits per heavy atom. The van der Waals surface area contributed by atoms with Crippen molar-refractivity contribution in [3.05, 3.63) is 58.1 Å². The lowest BCUT2D eigenvalue weighted by Crippen LogP contribution is -2.11. The van der Waals surface area contributed by atoms with Crippen molar-refractivity contribution in [2.45, 2.75) is 0 Å². The molecular weight excluding hydrogens is 299 g/mol. The average molecular weight is 311 g/mol. The van der Waals surface area contributed by atoms with Crippen LogP contribution in [0.3, 0.4) is 0 Å². The minimum absolute atomic E-state index is 0.105. The van der Waals surface area contributed by atoms with Crippen LogP contribution in [0.2, 0.25) is 10.0 Å². The number of Topliss-reactive ketones (excluding diaryl/α,β-unsaturated/α-hetero) is 1. The first-order valence-corrected chi connectivity index (χ1v) is 6.61. The van der Waals surface area contributed by atoms with Crippen LogP contribution in [0.15, 0.2) is 42.5 Å². The van der Waals surface area contributed by atoms with Gasteiger partial charge in [-0.2, -0.15) is 0 Å². The molecule has 0 aliphatic heterocycles. The van der Waals surface area contributed by atoms with Gasteiger partial charge in [0.15, 0.2) is 12.4 Å². The molecule has 0 saturated carbocycles. The lowest BCUT2D eigenvalue weighted by atomic mass is 10.1. The molecule has 0 bridgehead atoms. The summed E-state index contributed by atoms with van der Waals surface area (Å²) in [6, 6.07) is 11.8. The molecule has 0 unspecified atom stereocenters. The molecule has 2 aromatic carbocycles. The van der Waals surface area contributed by atoms with Crippen molar-refractivity contribution in [2.24, 2.45) is 0 Å². The van der Waals surface area contributed by atoms with Gasteiger partial charge in [0.1, 0.15) is 16.5 Å². The molecule has 0 saturated heterocycles. The first-order chi connectivity index (χ1) is 9.61. The van der Waals surface area contributed by atoms with Crippen molar-refractivity contribution in [1.82, 2.24) is 0 Å². The van der Waals surface area contributed by atoms with Crippen molar-refractivity contribution in [3.8, 4) is 11.5 Å². The Labute approximate surface area is 127 Å². The van der Waals surface area contributed by atoms with Crippen LogP contribution in [-0.4, -0.2) is 19.5 Å². The number of halogens is 2. The van der Waals surface area contributed by atoms with Gasteiger partial charge in [0.05, 0.1) is 12.1 Å². The molecule has 0 aromatic heterocycles. The number of ether oxygens (including phenoxy) is 2. The quantitative estimate of drug-likeness (QED) is 0.774. The molecule has 0 spiro atoms. The summed E-state index contributed by atoms with van der Waals surface area (Å²) < 4.78 is 10.4. The van der Waals surface area contributed by atoms with E-state index in [0.717, 1.165) is 0 Å². The second kappa shape index (κ2) is 6.64. The number of hydrogen-bond acceptors (Lipinski definition) is 3. The Bertz CT molecular complexity index is 609. The van der Waals surface area contributed by atoms with Crippen LogP contribution < -0.4 is 9.47 Å². The number of methoxy groups -OCH3 is 1. The molecule has 5 heteroatoms. The highest BCUT2D eigenvalue weighted by molar-refractivity contribution is 6.42. The van der Waals surface area contributed by atoms with E-state index in [1.165, 1.54) is 0 Å². The Hall–Kier alpha value is -1.71. The molecule has 3 nitrogen and oxygen atoms in total. The van der Waals surface area contributed by atoms with Crippen molar-refractivity contribution < 1.29 is 14.3 Å². The van der Waals surface area contributed by atoms with Gasteiger partial charge in [-0.1, -0.05) is 29.3 Å². The average Bonchev–Trinajstić information content (AvgIpc) is 2.48. The molecular formula is C15H12Cl2O3. The fourth-order valence-corrected chi connectivity index (χ4v) is 1.95. The van der Waals surface area contributed by atoms with E-state index >= 15 is 0 Å². The third-order valence-corrected chi connectivity index (χ3v) is 3.49. The van der Waals surface area contributed by atoms with E-state index in [2.05, 4.69) is 0 Å². The van der Waals surface area contributed by atoms with Crippen molar-refractivity contribution in [3.63, 3.8) is 0 Å². The van der Waals surface area contributed by atoms with Gasteiger partial charge in [0.2, 0.25) is 0 Å². The summed E-state index contributed by atoms with van der Waals surface area (Å²) in [5, 5.41) is 0.692. The van der Waals surface area contributed by atoms with Crippen LogP contribution in [0.4, 0.5) is 0 Å². The van der Waals surface area contributed by atoms with Crippen LogP contribution in [0.5, 0.6) is 11.5 Å². The SMILES string of the molecule is COc1ccc(C(=O)COc2cccc(Cl)c2Cl)cc1. The number of carbonyl (C=O) groups is 1. The fourth-order valence-electron chi connectivity index (χ4n) is 1.60. The lowest BCUT2D eigenvalue weighted by molar-refractivity contribution is 0.0921. The minimum atomic E-state index is -0.149. The van der Waals surface area contributed by atoms with Crippen molar-refractivity contribution >= 4 is 29.0 Å². The number of carbonyl (C=O) groups excluding carboxylic acids is 1. The Balaban J connectivity index is 2.02. The molecule has 2 rings (SSSR count). The third kappa shape index (κ3) is 3.44. The van der Waals surface area contributed by atoms with E-state index < -0.39 is 0 Å². The van der Waals surface area contributed by atoms with Gasteiger partial charge in [-0.25, -0.2) is 0 Å². The summed E-state index contributed by atoms with van der Waals surface area (Å²) in [4.78, 5) is 12.0. The van der Waals surface area contributed by atoms with Crippen LogP contribution in [0.25, 0.3) is 0 Å². The van der Waals surface area contributed by atoms with E-state index in [1.807, 2.05) is 0 Å². The molecule has 0 radical (unpaired) electrons. The number of ketones is 1. The molecule has 0 fully saturated rings. The van der Waals surface area contributed by atoms with Gasteiger partial charge in [0, 0.05) is 5.56 Å². The number of hydrogen-bond donors (Lipinski definition) is 0. The van der Waals surface area contributed by atoms with Crippen LogP contribution >= 0.6 is 23.2 Å². The third-order valence-electron chi connectivity index (χ3n) is 2.69. The van der Waals surface area contributed by atoms with Gasteiger partial charge in [-0.05, 0) is 36.4 Å². The molecule has 20 heavy (non-hydrogen) atoms. The second-order valence-electron chi connectivity index (χ2n) is 3.99. The van der Waals surface area contributed by atoms with Gasteiger partial charge in [0.25, 0.3) is 0 Å². The maximum absolute atomic E-state index is 12.0. The highest BCUT2D eigenvalue weighted by Crippen LogP contribution is 2.31. The summed E-state index contributed by atoms with van der Waals surface area (Å²) in [6.07, 6.45) is 0. The Morgan fingerprint density at radius 2 is 1.80 bits per heavy atom. The van der Waals surface area contributed by atoms with Crippen molar-refractivity contribution in [1.29, 1.82) is 0 Å².